The Kier molecular flexibility index (Phi) is 5.14. The lowest BCUT2D eigenvalue weighted by Gasteiger charge is -2.29. The number of ether oxygens (including phenoxy) is 1. The number of carbonyl (C=O) groups is 1. The summed E-state index contributed by atoms with van der Waals surface area (Å²) in [5, 5.41) is 1.67. The quantitative estimate of drug-likeness (QED) is 0.710. The van der Waals surface area contributed by atoms with Crippen LogP contribution in [-0.2, 0) is 10.9 Å². The second kappa shape index (κ2) is 6.96. The Morgan fingerprint density at radius 1 is 1.33 bits per heavy atom. The third-order valence-electron chi connectivity index (χ3n) is 4.45. The summed E-state index contributed by atoms with van der Waals surface area (Å²) in [5.74, 6) is 0.892. The van der Waals surface area contributed by atoms with Crippen molar-refractivity contribution in [2.75, 3.05) is 19.3 Å². The van der Waals surface area contributed by atoms with E-state index in [1.54, 1.807) is 23.7 Å². The van der Waals surface area contributed by atoms with Gasteiger partial charge in [-0.1, -0.05) is 6.07 Å². The molecule has 4 nitrogen and oxygen atoms in total. The van der Waals surface area contributed by atoms with Gasteiger partial charge in [0.1, 0.15) is 5.60 Å². The SMILES string of the molecule is CN(CC1CCSc2[nH]c3cc(C(F)(F)F)ccc3c21)C(=O)OC(C)(C)C. The molecule has 1 atom stereocenters. The molecule has 2 aromatic rings. The molecule has 1 aliphatic heterocycles. The van der Waals surface area contributed by atoms with Gasteiger partial charge in [0.25, 0.3) is 0 Å². The summed E-state index contributed by atoms with van der Waals surface area (Å²) in [7, 11) is 1.69. The molecule has 148 valence electrons. The highest BCUT2D eigenvalue weighted by Gasteiger charge is 2.33. The fourth-order valence-electron chi connectivity index (χ4n) is 3.27. The summed E-state index contributed by atoms with van der Waals surface area (Å²) in [4.78, 5) is 16.9. The number of halogens is 3. The molecule has 1 aliphatic rings. The smallest absolute Gasteiger partial charge is 0.416 e. The lowest BCUT2D eigenvalue weighted by Crippen LogP contribution is -2.37. The van der Waals surface area contributed by atoms with Gasteiger partial charge in [0.05, 0.1) is 10.6 Å². The Hall–Kier alpha value is -1.83. The lowest BCUT2D eigenvalue weighted by molar-refractivity contribution is -0.137. The fraction of sp³-hybridized carbons (Fsp3) is 0.526. The Labute approximate surface area is 160 Å². The molecule has 2 heterocycles. The number of H-pyrrole nitrogens is 1. The minimum Gasteiger partial charge on any atom is -0.444 e. The predicted molar refractivity (Wildman–Crippen MR) is 100 cm³/mol. The number of benzene rings is 1. The fourth-order valence-corrected chi connectivity index (χ4v) is 4.49. The number of nitrogens with zero attached hydrogens (tertiary/aromatic N) is 1. The molecular formula is C19H23F3N2O2S. The van der Waals surface area contributed by atoms with E-state index in [0.717, 1.165) is 40.3 Å². The zero-order valence-corrected chi connectivity index (χ0v) is 16.6. The number of nitrogens with one attached hydrogen (secondary N) is 1. The zero-order valence-electron chi connectivity index (χ0n) is 15.7. The monoisotopic (exact) mass is 400 g/mol. The van der Waals surface area contributed by atoms with Crippen LogP contribution in [0.15, 0.2) is 23.2 Å². The Balaban J connectivity index is 1.88. The summed E-state index contributed by atoms with van der Waals surface area (Å²) in [5.41, 5.74) is 0.230. The molecule has 1 aromatic heterocycles. The molecule has 0 bridgehead atoms. The molecule has 8 heteroatoms. The highest BCUT2D eigenvalue weighted by molar-refractivity contribution is 7.99. The Morgan fingerprint density at radius 3 is 2.67 bits per heavy atom. The van der Waals surface area contributed by atoms with Crippen LogP contribution in [-0.4, -0.2) is 40.9 Å². The van der Waals surface area contributed by atoms with Crippen molar-refractivity contribution in [3.8, 4) is 0 Å². The maximum absolute atomic E-state index is 13.0. The molecule has 1 N–H and O–H groups in total. The number of thioether (sulfide) groups is 1. The maximum Gasteiger partial charge on any atom is 0.416 e. The van der Waals surface area contributed by atoms with E-state index in [9.17, 15) is 18.0 Å². The largest absolute Gasteiger partial charge is 0.444 e. The first-order valence-electron chi connectivity index (χ1n) is 8.75. The molecule has 1 amide bonds. The first kappa shape index (κ1) is 19.9. The average molecular weight is 400 g/mol. The van der Waals surface area contributed by atoms with Crippen molar-refractivity contribution in [1.29, 1.82) is 0 Å². The molecule has 0 aliphatic carbocycles. The van der Waals surface area contributed by atoms with Gasteiger partial charge in [-0.25, -0.2) is 4.79 Å². The van der Waals surface area contributed by atoms with Crippen LogP contribution in [0.5, 0.6) is 0 Å². The number of amides is 1. The minimum atomic E-state index is -4.37. The van der Waals surface area contributed by atoms with Crippen molar-refractivity contribution in [2.24, 2.45) is 0 Å². The van der Waals surface area contributed by atoms with Crippen LogP contribution in [0.1, 0.15) is 44.2 Å². The van der Waals surface area contributed by atoms with Crippen LogP contribution in [0.2, 0.25) is 0 Å². The molecule has 27 heavy (non-hydrogen) atoms. The number of carbonyl (C=O) groups excluding carboxylic acids is 1. The zero-order chi connectivity index (χ0) is 20.0. The van der Waals surface area contributed by atoms with Crippen molar-refractivity contribution >= 4 is 28.8 Å². The van der Waals surface area contributed by atoms with Gasteiger partial charge < -0.3 is 14.6 Å². The van der Waals surface area contributed by atoms with E-state index in [1.165, 1.54) is 6.07 Å². The molecule has 0 radical (unpaired) electrons. The highest BCUT2D eigenvalue weighted by atomic mass is 32.2. The molecule has 0 spiro atoms. The minimum absolute atomic E-state index is 0.0456. The van der Waals surface area contributed by atoms with E-state index in [4.69, 9.17) is 4.74 Å². The third kappa shape index (κ3) is 4.36. The van der Waals surface area contributed by atoms with E-state index in [0.29, 0.717) is 12.1 Å². The number of hydrogen-bond donors (Lipinski definition) is 1. The first-order valence-corrected chi connectivity index (χ1v) is 9.74. The molecule has 1 aromatic carbocycles. The first-order chi connectivity index (χ1) is 12.5. The van der Waals surface area contributed by atoms with Gasteiger partial charge in [0.15, 0.2) is 0 Å². The predicted octanol–water partition coefficient (Wildman–Crippen LogP) is 5.63. The van der Waals surface area contributed by atoms with Gasteiger partial charge in [-0.3, -0.25) is 0 Å². The Bertz CT molecular complexity index is 855. The Morgan fingerprint density at radius 2 is 2.04 bits per heavy atom. The van der Waals surface area contributed by atoms with Gasteiger partial charge in [0, 0.05) is 36.2 Å². The number of hydrogen-bond acceptors (Lipinski definition) is 3. The third-order valence-corrected chi connectivity index (χ3v) is 5.50. The number of likely N-dealkylation sites (N-methyl/N-ethyl adjacent to an activating group) is 1. The topological polar surface area (TPSA) is 45.3 Å². The van der Waals surface area contributed by atoms with Crippen molar-refractivity contribution in [3.05, 3.63) is 29.3 Å². The van der Waals surface area contributed by atoms with E-state index >= 15 is 0 Å². The van der Waals surface area contributed by atoms with Gasteiger partial charge in [-0.15, -0.1) is 11.8 Å². The molecule has 1 unspecified atom stereocenters. The van der Waals surface area contributed by atoms with Crippen LogP contribution in [0.4, 0.5) is 18.0 Å². The van der Waals surface area contributed by atoms with Gasteiger partial charge >= 0.3 is 12.3 Å². The van der Waals surface area contributed by atoms with Crippen molar-refractivity contribution in [1.82, 2.24) is 9.88 Å². The average Bonchev–Trinajstić information content (AvgIpc) is 2.90. The van der Waals surface area contributed by atoms with E-state index in [1.807, 2.05) is 20.8 Å². The lowest BCUT2D eigenvalue weighted by atomic mass is 9.94. The number of aromatic amines is 1. The summed E-state index contributed by atoms with van der Waals surface area (Å²) >= 11 is 1.61. The van der Waals surface area contributed by atoms with Crippen molar-refractivity contribution in [3.63, 3.8) is 0 Å². The maximum atomic E-state index is 13.0. The van der Waals surface area contributed by atoms with Crippen LogP contribution in [0, 0.1) is 0 Å². The highest BCUT2D eigenvalue weighted by Crippen LogP contribution is 2.43. The molecular weight excluding hydrogens is 377 g/mol. The van der Waals surface area contributed by atoms with Crippen LogP contribution < -0.4 is 0 Å². The van der Waals surface area contributed by atoms with Crippen LogP contribution in [0.3, 0.4) is 0 Å². The van der Waals surface area contributed by atoms with Crippen LogP contribution in [0.25, 0.3) is 10.9 Å². The van der Waals surface area contributed by atoms with Crippen molar-refractivity contribution in [2.45, 2.75) is 49.9 Å². The van der Waals surface area contributed by atoms with E-state index in [2.05, 4.69) is 4.98 Å². The molecule has 0 saturated heterocycles. The van der Waals surface area contributed by atoms with E-state index in [-0.39, 0.29) is 5.92 Å². The summed E-state index contributed by atoms with van der Waals surface area (Å²) < 4.78 is 44.4. The summed E-state index contributed by atoms with van der Waals surface area (Å²) in [6.07, 6.45) is -3.93. The number of rotatable bonds is 2. The second-order valence-corrected chi connectivity index (χ2v) is 8.93. The van der Waals surface area contributed by atoms with Crippen LogP contribution >= 0.6 is 11.8 Å². The van der Waals surface area contributed by atoms with Gasteiger partial charge in [-0.2, -0.15) is 13.2 Å². The number of fused-ring (bicyclic) bond motifs is 3. The normalized spacial score (nSPS) is 17.7. The van der Waals surface area contributed by atoms with Gasteiger partial charge in [-0.05, 0) is 44.9 Å². The molecule has 3 rings (SSSR count). The van der Waals surface area contributed by atoms with Crippen molar-refractivity contribution < 1.29 is 22.7 Å². The van der Waals surface area contributed by atoms with Gasteiger partial charge in [0.2, 0.25) is 0 Å². The molecule has 0 fully saturated rings. The standard InChI is InChI=1S/C19H23F3N2O2S/c1-18(2,3)26-17(25)24(4)10-11-7-8-27-16-15(11)13-6-5-12(19(20,21)22)9-14(13)23-16/h5-6,9,11,23H,7-8,10H2,1-4H3. The molecule has 0 saturated carbocycles. The van der Waals surface area contributed by atoms with E-state index < -0.39 is 23.4 Å². The summed E-state index contributed by atoms with van der Waals surface area (Å²) in [6, 6.07) is 3.80. The second-order valence-electron chi connectivity index (χ2n) is 7.82. The number of alkyl halides is 3. The number of aromatic nitrogens is 1. The summed E-state index contributed by atoms with van der Waals surface area (Å²) in [6.45, 7) is 5.89.